The van der Waals surface area contributed by atoms with Gasteiger partial charge in [0.2, 0.25) is 11.8 Å². The molecule has 0 heterocycles. The Kier molecular flexibility index (Phi) is 7.06. The molecule has 0 aliphatic rings. The molecule has 0 bridgehead atoms. The van der Waals surface area contributed by atoms with E-state index in [2.05, 4.69) is 5.32 Å². The minimum Gasteiger partial charge on any atom is -0.357 e. The third-order valence-electron chi connectivity index (χ3n) is 4.24. The van der Waals surface area contributed by atoms with E-state index in [0.717, 1.165) is 11.1 Å². The number of hydrogen-bond acceptors (Lipinski definition) is 2. The van der Waals surface area contributed by atoms with Crippen molar-refractivity contribution in [2.24, 2.45) is 0 Å². The molecule has 0 saturated heterocycles. The van der Waals surface area contributed by atoms with Crippen molar-refractivity contribution in [3.05, 3.63) is 69.2 Å². The van der Waals surface area contributed by atoms with Crippen molar-refractivity contribution < 1.29 is 9.59 Å². The number of nitrogens with zero attached hydrogens (tertiary/aromatic N) is 1. The molecule has 0 saturated carbocycles. The number of carbonyl (C=O) groups excluding carboxylic acids is 2. The summed E-state index contributed by atoms with van der Waals surface area (Å²) in [5, 5.41) is 3.52. The molecule has 2 aromatic rings. The second-order valence-corrected chi connectivity index (χ2v) is 6.99. The lowest BCUT2D eigenvalue weighted by Crippen LogP contribution is -2.47. The van der Waals surface area contributed by atoms with Gasteiger partial charge in [0.1, 0.15) is 6.04 Å². The average Bonchev–Trinajstić information content (AvgIpc) is 2.60. The van der Waals surface area contributed by atoms with Crippen molar-refractivity contribution in [2.75, 3.05) is 7.05 Å². The first-order chi connectivity index (χ1) is 12.3. The summed E-state index contributed by atoms with van der Waals surface area (Å²) in [5.41, 5.74) is 2.61. The molecule has 138 valence electrons. The second-order valence-electron chi connectivity index (χ2n) is 6.18. The smallest absolute Gasteiger partial charge is 0.242 e. The van der Waals surface area contributed by atoms with Crippen LogP contribution in [0.25, 0.3) is 0 Å². The van der Waals surface area contributed by atoms with Gasteiger partial charge in [0.05, 0.1) is 6.42 Å². The molecule has 0 aliphatic carbocycles. The van der Waals surface area contributed by atoms with E-state index in [1.807, 2.05) is 31.2 Å². The maximum atomic E-state index is 13.0. The predicted octanol–water partition coefficient (Wildman–Crippen LogP) is 4.01. The van der Waals surface area contributed by atoms with E-state index in [4.69, 9.17) is 23.2 Å². The Morgan fingerprint density at radius 1 is 1.12 bits per heavy atom. The Balaban J connectivity index is 2.31. The van der Waals surface area contributed by atoms with Crippen LogP contribution in [-0.2, 0) is 22.6 Å². The molecule has 1 atom stereocenters. The first kappa shape index (κ1) is 20.3. The zero-order valence-electron chi connectivity index (χ0n) is 15.1. The highest BCUT2D eigenvalue weighted by Crippen LogP contribution is 2.26. The van der Waals surface area contributed by atoms with Crippen LogP contribution >= 0.6 is 23.2 Å². The van der Waals surface area contributed by atoms with Gasteiger partial charge in [0.15, 0.2) is 0 Å². The van der Waals surface area contributed by atoms with Crippen molar-refractivity contribution in [3.63, 3.8) is 0 Å². The van der Waals surface area contributed by atoms with Crippen molar-refractivity contribution >= 4 is 35.0 Å². The number of likely N-dealkylation sites (N-methyl/N-ethyl adjacent to an activating group) is 1. The molecule has 2 amide bonds. The lowest BCUT2D eigenvalue weighted by Gasteiger charge is -2.29. The number of rotatable bonds is 6. The third kappa shape index (κ3) is 4.99. The molecule has 0 radical (unpaired) electrons. The zero-order chi connectivity index (χ0) is 19.3. The Morgan fingerprint density at radius 2 is 1.73 bits per heavy atom. The first-order valence-electron chi connectivity index (χ1n) is 8.33. The summed E-state index contributed by atoms with van der Waals surface area (Å²) >= 11 is 12.5. The fourth-order valence-electron chi connectivity index (χ4n) is 2.74. The molecule has 1 N–H and O–H groups in total. The van der Waals surface area contributed by atoms with E-state index in [0.29, 0.717) is 15.6 Å². The van der Waals surface area contributed by atoms with Gasteiger partial charge in [-0.15, -0.1) is 0 Å². The summed E-state index contributed by atoms with van der Waals surface area (Å²) in [7, 11) is 1.55. The van der Waals surface area contributed by atoms with Gasteiger partial charge in [-0.05, 0) is 31.5 Å². The quantitative estimate of drug-likeness (QED) is 0.806. The Hall–Kier alpha value is -2.04. The van der Waals surface area contributed by atoms with Crippen LogP contribution in [0, 0.1) is 6.92 Å². The van der Waals surface area contributed by atoms with Gasteiger partial charge in [-0.2, -0.15) is 0 Å². The minimum absolute atomic E-state index is 0.164. The molecule has 2 rings (SSSR count). The molecule has 0 aliphatic heterocycles. The maximum absolute atomic E-state index is 13.0. The lowest BCUT2D eigenvalue weighted by atomic mass is 10.1. The summed E-state index contributed by atoms with van der Waals surface area (Å²) in [6, 6.07) is 12.3. The number of nitrogens with one attached hydrogen (secondary N) is 1. The molecule has 0 unspecified atom stereocenters. The maximum Gasteiger partial charge on any atom is 0.242 e. The van der Waals surface area contributed by atoms with Crippen molar-refractivity contribution in [1.82, 2.24) is 10.2 Å². The van der Waals surface area contributed by atoms with E-state index >= 15 is 0 Å². The topological polar surface area (TPSA) is 49.4 Å². The molecular weight excluding hydrogens is 371 g/mol. The van der Waals surface area contributed by atoms with Crippen LogP contribution in [0.5, 0.6) is 0 Å². The normalized spacial score (nSPS) is 11.7. The van der Waals surface area contributed by atoms with Crippen LogP contribution in [0.1, 0.15) is 23.6 Å². The van der Waals surface area contributed by atoms with Gasteiger partial charge < -0.3 is 10.2 Å². The Labute approximate surface area is 164 Å². The average molecular weight is 393 g/mol. The highest BCUT2D eigenvalue weighted by Gasteiger charge is 2.26. The summed E-state index contributed by atoms with van der Waals surface area (Å²) in [6.07, 6.45) is 0.199. The van der Waals surface area contributed by atoms with Gasteiger partial charge in [-0.1, -0.05) is 59.1 Å². The highest BCUT2D eigenvalue weighted by atomic mass is 35.5. The third-order valence-corrected chi connectivity index (χ3v) is 4.95. The molecular formula is C20H22Cl2N2O2. The number of hydrogen-bond donors (Lipinski definition) is 1. The van der Waals surface area contributed by atoms with E-state index in [9.17, 15) is 9.59 Å². The van der Waals surface area contributed by atoms with Crippen molar-refractivity contribution in [2.45, 2.75) is 32.9 Å². The monoisotopic (exact) mass is 392 g/mol. The van der Waals surface area contributed by atoms with E-state index in [1.165, 1.54) is 4.90 Å². The van der Waals surface area contributed by atoms with E-state index in [-0.39, 0.29) is 24.8 Å². The number of carbonyl (C=O) groups is 2. The molecule has 2 aromatic carbocycles. The molecule has 0 aromatic heterocycles. The van der Waals surface area contributed by atoms with Crippen LogP contribution < -0.4 is 5.32 Å². The van der Waals surface area contributed by atoms with Crippen LogP contribution in [0.3, 0.4) is 0 Å². The fraction of sp³-hybridized carbons (Fsp3) is 0.300. The van der Waals surface area contributed by atoms with Gasteiger partial charge in [0.25, 0.3) is 0 Å². The van der Waals surface area contributed by atoms with Crippen molar-refractivity contribution in [3.8, 4) is 0 Å². The minimum atomic E-state index is -0.648. The standard InChI is InChI=1S/C20H22Cl2N2O2/c1-13-6-4-7-15(10-13)11-19(25)24(14(2)20(26)23-3)12-16-17(21)8-5-9-18(16)22/h4-10,14H,11-12H2,1-3H3,(H,23,26)/t14-/m0/s1. The number of aryl methyl sites for hydroxylation is 1. The van der Waals surface area contributed by atoms with Crippen LogP contribution in [-0.4, -0.2) is 29.8 Å². The molecule has 26 heavy (non-hydrogen) atoms. The summed E-state index contributed by atoms with van der Waals surface area (Å²) < 4.78 is 0. The van der Waals surface area contributed by atoms with Crippen LogP contribution in [0.2, 0.25) is 10.0 Å². The number of amides is 2. The molecule has 6 heteroatoms. The van der Waals surface area contributed by atoms with Gasteiger partial charge >= 0.3 is 0 Å². The molecule has 0 fully saturated rings. The highest BCUT2D eigenvalue weighted by molar-refractivity contribution is 6.36. The predicted molar refractivity (Wildman–Crippen MR) is 105 cm³/mol. The number of benzene rings is 2. The van der Waals surface area contributed by atoms with Gasteiger partial charge in [-0.3, -0.25) is 9.59 Å². The first-order valence-corrected chi connectivity index (χ1v) is 9.08. The Morgan fingerprint density at radius 3 is 2.31 bits per heavy atom. The van der Waals surface area contributed by atoms with Crippen LogP contribution in [0.15, 0.2) is 42.5 Å². The van der Waals surface area contributed by atoms with Crippen LogP contribution in [0.4, 0.5) is 0 Å². The Bertz CT molecular complexity index is 788. The second kappa shape index (κ2) is 9.06. The number of halogens is 2. The molecule has 4 nitrogen and oxygen atoms in total. The van der Waals surface area contributed by atoms with Gasteiger partial charge in [0, 0.05) is 29.2 Å². The SMILES string of the molecule is CNC(=O)[C@H](C)N(Cc1c(Cl)cccc1Cl)C(=O)Cc1cccc(C)c1. The lowest BCUT2D eigenvalue weighted by molar-refractivity contribution is -0.139. The fourth-order valence-corrected chi connectivity index (χ4v) is 3.26. The van der Waals surface area contributed by atoms with E-state index < -0.39 is 6.04 Å². The molecule has 0 spiro atoms. The summed E-state index contributed by atoms with van der Waals surface area (Å²) in [6.45, 7) is 3.83. The zero-order valence-corrected chi connectivity index (χ0v) is 16.6. The van der Waals surface area contributed by atoms with Gasteiger partial charge in [-0.25, -0.2) is 0 Å². The summed E-state index contributed by atoms with van der Waals surface area (Å²) in [5.74, 6) is -0.409. The van der Waals surface area contributed by atoms with Crippen molar-refractivity contribution in [1.29, 1.82) is 0 Å². The summed E-state index contributed by atoms with van der Waals surface area (Å²) in [4.78, 5) is 26.6. The van der Waals surface area contributed by atoms with E-state index in [1.54, 1.807) is 32.2 Å². The largest absolute Gasteiger partial charge is 0.357 e.